The number of carbonyl (C=O) groups is 1. The van der Waals surface area contributed by atoms with Crippen molar-refractivity contribution < 1.29 is 4.79 Å². The Morgan fingerprint density at radius 1 is 1.26 bits per heavy atom. The van der Waals surface area contributed by atoms with E-state index in [0.29, 0.717) is 18.8 Å². The standard InChI is InChI=1S/C20H22N4OS2/c1-12-13(2)27-20-18(12)19(22-11-23-20)26-10-17(25)24-8-15(16(21)9-24)14-6-4-3-5-7-14/h3-7,11,15-16H,8-10,21H2,1-2H3/t15-,16+/m0/s1. The van der Waals surface area contributed by atoms with Crippen LogP contribution in [0.5, 0.6) is 0 Å². The number of fused-ring (bicyclic) bond motifs is 1. The molecule has 27 heavy (non-hydrogen) atoms. The van der Waals surface area contributed by atoms with Gasteiger partial charge in [0.15, 0.2) is 0 Å². The largest absolute Gasteiger partial charge is 0.340 e. The summed E-state index contributed by atoms with van der Waals surface area (Å²) in [5.41, 5.74) is 8.73. The summed E-state index contributed by atoms with van der Waals surface area (Å²) in [5, 5.41) is 1.97. The lowest BCUT2D eigenvalue weighted by Gasteiger charge is -2.16. The number of aromatic nitrogens is 2. The Balaban J connectivity index is 1.45. The predicted octanol–water partition coefficient (Wildman–Crippen LogP) is 3.35. The number of nitrogens with two attached hydrogens (primary N) is 1. The summed E-state index contributed by atoms with van der Waals surface area (Å²) in [5.74, 6) is 0.687. The van der Waals surface area contributed by atoms with Crippen molar-refractivity contribution in [3.8, 4) is 0 Å². The van der Waals surface area contributed by atoms with Crippen LogP contribution in [0.3, 0.4) is 0 Å². The maximum absolute atomic E-state index is 12.8. The molecule has 0 bridgehead atoms. The van der Waals surface area contributed by atoms with Crippen molar-refractivity contribution in [1.29, 1.82) is 0 Å². The monoisotopic (exact) mass is 398 g/mol. The molecule has 5 nitrogen and oxygen atoms in total. The van der Waals surface area contributed by atoms with Gasteiger partial charge in [-0.05, 0) is 25.0 Å². The smallest absolute Gasteiger partial charge is 0.233 e. The first-order valence-corrected chi connectivity index (χ1v) is 10.8. The molecule has 0 spiro atoms. The molecule has 3 aromatic rings. The Hall–Kier alpha value is -1.96. The highest BCUT2D eigenvalue weighted by molar-refractivity contribution is 8.00. The number of benzene rings is 1. The average Bonchev–Trinajstić information content (AvgIpc) is 3.21. The van der Waals surface area contributed by atoms with Gasteiger partial charge in [0, 0.05) is 35.3 Å². The van der Waals surface area contributed by atoms with Crippen LogP contribution in [-0.4, -0.2) is 45.7 Å². The van der Waals surface area contributed by atoms with E-state index in [1.54, 1.807) is 17.7 Å². The summed E-state index contributed by atoms with van der Waals surface area (Å²) in [6, 6.07) is 10.2. The van der Waals surface area contributed by atoms with Gasteiger partial charge in [0.05, 0.1) is 5.75 Å². The van der Waals surface area contributed by atoms with Crippen molar-refractivity contribution in [2.45, 2.75) is 30.8 Å². The third-order valence-electron chi connectivity index (χ3n) is 5.21. The van der Waals surface area contributed by atoms with Gasteiger partial charge in [-0.15, -0.1) is 11.3 Å². The molecule has 1 saturated heterocycles. The van der Waals surface area contributed by atoms with Crippen molar-refractivity contribution >= 4 is 39.2 Å². The molecule has 0 unspecified atom stereocenters. The molecule has 1 fully saturated rings. The van der Waals surface area contributed by atoms with E-state index in [9.17, 15) is 4.79 Å². The summed E-state index contributed by atoms with van der Waals surface area (Å²) in [6.07, 6.45) is 1.59. The number of nitrogens with zero attached hydrogens (tertiary/aromatic N) is 3. The van der Waals surface area contributed by atoms with Crippen molar-refractivity contribution in [3.05, 3.63) is 52.7 Å². The predicted molar refractivity (Wildman–Crippen MR) is 111 cm³/mol. The number of aryl methyl sites for hydroxylation is 2. The normalized spacial score (nSPS) is 19.7. The molecule has 1 amide bonds. The van der Waals surface area contributed by atoms with E-state index in [2.05, 4.69) is 35.9 Å². The Labute approximate surface area is 167 Å². The Kier molecular flexibility index (Phi) is 5.16. The summed E-state index contributed by atoms with van der Waals surface area (Å²) >= 11 is 3.17. The van der Waals surface area contributed by atoms with Gasteiger partial charge in [-0.1, -0.05) is 42.1 Å². The molecule has 2 N–H and O–H groups in total. The van der Waals surface area contributed by atoms with Crippen LogP contribution in [0.15, 0.2) is 41.7 Å². The van der Waals surface area contributed by atoms with Crippen molar-refractivity contribution in [3.63, 3.8) is 0 Å². The second kappa shape index (κ2) is 7.58. The number of thioether (sulfide) groups is 1. The molecule has 140 valence electrons. The Morgan fingerprint density at radius 3 is 2.81 bits per heavy atom. The van der Waals surface area contributed by atoms with Gasteiger partial charge in [0.1, 0.15) is 16.2 Å². The SMILES string of the molecule is Cc1sc2ncnc(SCC(=O)N3C[C@@H](N)[C@H](c4ccccc4)C3)c2c1C. The van der Waals surface area contributed by atoms with Gasteiger partial charge < -0.3 is 10.6 Å². The zero-order valence-electron chi connectivity index (χ0n) is 15.4. The second-order valence-corrected chi connectivity index (χ2v) is 9.08. The van der Waals surface area contributed by atoms with Crippen LogP contribution < -0.4 is 5.73 Å². The van der Waals surface area contributed by atoms with Crippen LogP contribution in [0.2, 0.25) is 0 Å². The number of carbonyl (C=O) groups excluding carboxylic acids is 1. The topological polar surface area (TPSA) is 72.1 Å². The molecular weight excluding hydrogens is 376 g/mol. The van der Waals surface area contributed by atoms with Gasteiger partial charge in [0.2, 0.25) is 5.91 Å². The maximum atomic E-state index is 12.8. The quantitative estimate of drug-likeness (QED) is 0.539. The Bertz CT molecular complexity index is 973. The van der Waals surface area contributed by atoms with Gasteiger partial charge in [-0.2, -0.15) is 0 Å². The Morgan fingerprint density at radius 2 is 2.04 bits per heavy atom. The molecular formula is C20H22N4OS2. The van der Waals surface area contributed by atoms with E-state index in [0.717, 1.165) is 15.2 Å². The van der Waals surface area contributed by atoms with E-state index >= 15 is 0 Å². The van der Waals surface area contributed by atoms with E-state index in [1.807, 2.05) is 23.1 Å². The number of amides is 1. The maximum Gasteiger partial charge on any atom is 0.233 e. The van der Waals surface area contributed by atoms with Crippen molar-refractivity contribution in [1.82, 2.24) is 14.9 Å². The average molecular weight is 399 g/mol. The van der Waals surface area contributed by atoms with E-state index in [4.69, 9.17) is 5.73 Å². The van der Waals surface area contributed by atoms with Crippen LogP contribution in [0, 0.1) is 13.8 Å². The van der Waals surface area contributed by atoms with Crippen LogP contribution in [0.25, 0.3) is 10.2 Å². The second-order valence-electron chi connectivity index (χ2n) is 6.91. The van der Waals surface area contributed by atoms with Crippen LogP contribution in [-0.2, 0) is 4.79 Å². The first kappa shape index (κ1) is 18.4. The molecule has 2 aromatic heterocycles. The molecule has 0 radical (unpaired) electrons. The van der Waals surface area contributed by atoms with E-state index in [1.165, 1.54) is 27.8 Å². The molecule has 4 rings (SSSR count). The fraction of sp³-hybridized carbons (Fsp3) is 0.350. The van der Waals surface area contributed by atoms with Gasteiger partial charge in [-0.25, -0.2) is 9.97 Å². The lowest BCUT2D eigenvalue weighted by molar-refractivity contribution is -0.127. The highest BCUT2D eigenvalue weighted by Gasteiger charge is 2.33. The van der Waals surface area contributed by atoms with Gasteiger partial charge in [-0.3, -0.25) is 4.79 Å². The molecule has 1 aliphatic heterocycles. The summed E-state index contributed by atoms with van der Waals surface area (Å²) < 4.78 is 0. The van der Waals surface area contributed by atoms with Crippen LogP contribution in [0.1, 0.15) is 21.9 Å². The van der Waals surface area contributed by atoms with Crippen LogP contribution >= 0.6 is 23.1 Å². The van der Waals surface area contributed by atoms with E-state index < -0.39 is 0 Å². The highest BCUT2D eigenvalue weighted by atomic mass is 32.2. The molecule has 3 heterocycles. The molecule has 7 heteroatoms. The number of thiophene rings is 1. The molecule has 0 aliphatic carbocycles. The first-order valence-electron chi connectivity index (χ1n) is 8.96. The highest BCUT2D eigenvalue weighted by Crippen LogP contribution is 2.35. The summed E-state index contributed by atoms with van der Waals surface area (Å²) in [4.78, 5) is 25.7. The van der Waals surface area contributed by atoms with Crippen LogP contribution in [0.4, 0.5) is 0 Å². The third-order valence-corrected chi connectivity index (χ3v) is 7.30. The molecule has 1 aromatic carbocycles. The number of hydrogen-bond acceptors (Lipinski definition) is 6. The zero-order chi connectivity index (χ0) is 19.0. The lowest BCUT2D eigenvalue weighted by Crippen LogP contribution is -2.33. The minimum Gasteiger partial charge on any atom is -0.340 e. The fourth-order valence-electron chi connectivity index (χ4n) is 3.57. The van der Waals surface area contributed by atoms with Crippen molar-refractivity contribution in [2.75, 3.05) is 18.8 Å². The lowest BCUT2D eigenvalue weighted by atomic mass is 9.95. The third kappa shape index (κ3) is 3.59. The molecule has 2 atom stereocenters. The van der Waals surface area contributed by atoms with Gasteiger partial charge >= 0.3 is 0 Å². The summed E-state index contributed by atoms with van der Waals surface area (Å²) in [6.45, 7) is 5.47. The minimum atomic E-state index is -0.0196. The number of hydrogen-bond donors (Lipinski definition) is 1. The molecule has 1 aliphatic rings. The molecule has 0 saturated carbocycles. The minimum absolute atomic E-state index is 0.0196. The first-order chi connectivity index (χ1) is 13.0. The number of likely N-dealkylation sites (tertiary alicyclic amines) is 1. The fourth-order valence-corrected chi connectivity index (χ4v) is 5.59. The van der Waals surface area contributed by atoms with Crippen molar-refractivity contribution in [2.24, 2.45) is 5.73 Å². The number of rotatable bonds is 4. The van der Waals surface area contributed by atoms with Gasteiger partial charge in [0.25, 0.3) is 0 Å². The summed E-state index contributed by atoms with van der Waals surface area (Å²) in [7, 11) is 0. The van der Waals surface area contributed by atoms with E-state index in [-0.39, 0.29) is 17.9 Å². The zero-order valence-corrected chi connectivity index (χ0v) is 17.0.